The minimum Gasteiger partial charge on any atom is -0.383 e. The number of benzene rings is 1. The standard InChI is InChI=1S/C22H24N4OS/c1-27-15-14-25-13-7-11-19(25)21-20(18-10-5-6-12-23-18)24-22(28)26(21)16-17-8-3-2-4-9-17/h2-13,20-21H,14-16H2,1H3,(H,24,28)/t20-,21-/m0/s1. The van der Waals surface area contributed by atoms with Crippen molar-refractivity contribution >= 4 is 17.3 Å². The number of aromatic nitrogens is 2. The summed E-state index contributed by atoms with van der Waals surface area (Å²) in [5, 5.41) is 4.27. The third kappa shape index (κ3) is 3.79. The zero-order valence-corrected chi connectivity index (χ0v) is 16.7. The van der Waals surface area contributed by atoms with Crippen molar-refractivity contribution in [3.8, 4) is 0 Å². The van der Waals surface area contributed by atoms with Crippen molar-refractivity contribution < 1.29 is 4.74 Å². The summed E-state index contributed by atoms with van der Waals surface area (Å²) in [6, 6.07) is 20.8. The van der Waals surface area contributed by atoms with E-state index in [1.165, 1.54) is 11.3 Å². The number of methoxy groups -OCH3 is 1. The highest BCUT2D eigenvalue weighted by molar-refractivity contribution is 7.80. The van der Waals surface area contributed by atoms with E-state index in [0.29, 0.717) is 6.61 Å². The molecule has 1 aromatic carbocycles. The average Bonchev–Trinajstić information content (AvgIpc) is 3.32. The fourth-order valence-electron chi connectivity index (χ4n) is 3.77. The second-order valence-corrected chi connectivity index (χ2v) is 7.25. The fourth-order valence-corrected chi connectivity index (χ4v) is 4.07. The zero-order chi connectivity index (χ0) is 19.3. The third-order valence-electron chi connectivity index (χ3n) is 5.10. The Labute approximate surface area is 171 Å². The molecule has 0 saturated carbocycles. The molecule has 2 aromatic heterocycles. The van der Waals surface area contributed by atoms with Gasteiger partial charge in [0.1, 0.15) is 0 Å². The summed E-state index contributed by atoms with van der Waals surface area (Å²) >= 11 is 5.75. The van der Waals surface area contributed by atoms with Crippen LogP contribution in [0.3, 0.4) is 0 Å². The first kappa shape index (κ1) is 18.7. The Bertz CT molecular complexity index is 913. The Morgan fingerprint density at radius 1 is 1.07 bits per heavy atom. The Balaban J connectivity index is 1.72. The molecule has 144 valence electrons. The van der Waals surface area contributed by atoms with E-state index in [-0.39, 0.29) is 12.1 Å². The van der Waals surface area contributed by atoms with Crippen molar-refractivity contribution in [3.05, 3.63) is 90.0 Å². The predicted molar refractivity (Wildman–Crippen MR) is 114 cm³/mol. The number of rotatable bonds is 7. The molecule has 1 aliphatic rings. The van der Waals surface area contributed by atoms with Crippen LogP contribution in [0.5, 0.6) is 0 Å². The minimum absolute atomic E-state index is 0.00592. The molecule has 0 amide bonds. The van der Waals surface area contributed by atoms with Gasteiger partial charge in [0, 0.05) is 38.3 Å². The number of nitrogens with one attached hydrogen (secondary N) is 1. The maximum Gasteiger partial charge on any atom is 0.170 e. The lowest BCUT2D eigenvalue weighted by atomic mass is 10.0. The first-order valence-electron chi connectivity index (χ1n) is 9.44. The summed E-state index contributed by atoms with van der Waals surface area (Å²) in [7, 11) is 1.73. The third-order valence-corrected chi connectivity index (χ3v) is 5.45. The molecular weight excluding hydrogens is 368 g/mol. The summed E-state index contributed by atoms with van der Waals surface area (Å²) in [5.41, 5.74) is 3.43. The molecule has 2 atom stereocenters. The van der Waals surface area contributed by atoms with Crippen LogP contribution >= 0.6 is 12.2 Å². The normalized spacial score (nSPS) is 19.0. The van der Waals surface area contributed by atoms with Gasteiger partial charge in [0.2, 0.25) is 0 Å². The van der Waals surface area contributed by atoms with Gasteiger partial charge in [-0.15, -0.1) is 0 Å². The van der Waals surface area contributed by atoms with Crippen LogP contribution < -0.4 is 5.32 Å². The predicted octanol–water partition coefficient (Wildman–Crippen LogP) is 3.70. The molecule has 0 radical (unpaired) electrons. The summed E-state index contributed by atoms with van der Waals surface area (Å²) in [5.74, 6) is 0. The number of hydrogen-bond donors (Lipinski definition) is 1. The number of nitrogens with zero attached hydrogens (tertiary/aromatic N) is 3. The molecule has 0 bridgehead atoms. The summed E-state index contributed by atoms with van der Waals surface area (Å²) in [6.45, 7) is 2.21. The van der Waals surface area contributed by atoms with Crippen molar-refractivity contribution in [3.63, 3.8) is 0 Å². The summed E-state index contributed by atoms with van der Waals surface area (Å²) < 4.78 is 7.55. The monoisotopic (exact) mass is 392 g/mol. The van der Waals surface area contributed by atoms with Gasteiger partial charge >= 0.3 is 0 Å². The molecule has 5 nitrogen and oxygen atoms in total. The Hall–Kier alpha value is -2.70. The average molecular weight is 393 g/mol. The highest BCUT2D eigenvalue weighted by Gasteiger charge is 2.40. The van der Waals surface area contributed by atoms with E-state index in [4.69, 9.17) is 17.0 Å². The van der Waals surface area contributed by atoms with Crippen molar-refractivity contribution in [1.82, 2.24) is 19.8 Å². The topological polar surface area (TPSA) is 42.3 Å². The van der Waals surface area contributed by atoms with Gasteiger partial charge in [-0.2, -0.15) is 0 Å². The second kappa shape index (κ2) is 8.54. The highest BCUT2D eigenvalue weighted by Crippen LogP contribution is 2.39. The SMILES string of the molecule is COCCn1cccc1[C@H]1[C@H](c2ccccn2)NC(=S)N1Cc1ccccc1. The quantitative estimate of drug-likeness (QED) is 0.621. The largest absolute Gasteiger partial charge is 0.383 e. The van der Waals surface area contributed by atoms with Gasteiger partial charge < -0.3 is 19.5 Å². The van der Waals surface area contributed by atoms with Crippen LogP contribution in [0.1, 0.15) is 29.0 Å². The Morgan fingerprint density at radius 2 is 1.89 bits per heavy atom. The van der Waals surface area contributed by atoms with Crippen LogP contribution in [0.4, 0.5) is 0 Å². The first-order valence-corrected chi connectivity index (χ1v) is 9.84. The minimum atomic E-state index is -0.00592. The number of hydrogen-bond acceptors (Lipinski definition) is 3. The Kier molecular flexibility index (Phi) is 5.69. The molecule has 1 fully saturated rings. The van der Waals surface area contributed by atoms with Gasteiger partial charge in [0.15, 0.2) is 5.11 Å². The molecule has 28 heavy (non-hydrogen) atoms. The molecule has 3 aromatic rings. The zero-order valence-electron chi connectivity index (χ0n) is 15.9. The van der Waals surface area contributed by atoms with Crippen molar-refractivity contribution in [2.45, 2.75) is 25.2 Å². The molecule has 0 unspecified atom stereocenters. The van der Waals surface area contributed by atoms with Crippen LogP contribution in [-0.4, -0.2) is 33.3 Å². The molecule has 3 heterocycles. The van der Waals surface area contributed by atoms with Crippen molar-refractivity contribution in [1.29, 1.82) is 0 Å². The van der Waals surface area contributed by atoms with Crippen LogP contribution in [0, 0.1) is 0 Å². The van der Waals surface area contributed by atoms with E-state index in [1.807, 2.05) is 24.4 Å². The van der Waals surface area contributed by atoms with E-state index in [2.05, 4.69) is 68.4 Å². The Morgan fingerprint density at radius 3 is 2.64 bits per heavy atom. The summed E-state index contributed by atoms with van der Waals surface area (Å²) in [4.78, 5) is 6.87. The summed E-state index contributed by atoms with van der Waals surface area (Å²) in [6.07, 6.45) is 3.94. The number of ether oxygens (including phenoxy) is 1. The molecule has 4 rings (SSSR count). The van der Waals surface area contributed by atoms with E-state index in [9.17, 15) is 0 Å². The van der Waals surface area contributed by atoms with Crippen LogP contribution in [-0.2, 0) is 17.8 Å². The molecule has 1 N–H and O–H groups in total. The van der Waals surface area contributed by atoms with Gasteiger partial charge in [-0.1, -0.05) is 36.4 Å². The smallest absolute Gasteiger partial charge is 0.170 e. The van der Waals surface area contributed by atoms with Crippen molar-refractivity contribution in [2.75, 3.05) is 13.7 Å². The second-order valence-electron chi connectivity index (χ2n) is 6.86. The lowest BCUT2D eigenvalue weighted by Gasteiger charge is -2.29. The maximum atomic E-state index is 5.75. The van der Waals surface area contributed by atoms with E-state index < -0.39 is 0 Å². The fraction of sp³-hybridized carbons (Fsp3) is 0.273. The van der Waals surface area contributed by atoms with Crippen LogP contribution in [0.2, 0.25) is 0 Å². The highest BCUT2D eigenvalue weighted by atomic mass is 32.1. The molecule has 1 aliphatic heterocycles. The maximum absolute atomic E-state index is 5.75. The van der Waals surface area contributed by atoms with Crippen LogP contribution in [0.25, 0.3) is 0 Å². The number of thiocarbonyl (C=S) groups is 1. The lowest BCUT2D eigenvalue weighted by molar-refractivity contribution is 0.183. The number of pyridine rings is 1. The van der Waals surface area contributed by atoms with E-state index >= 15 is 0 Å². The lowest BCUT2D eigenvalue weighted by Crippen LogP contribution is -2.30. The van der Waals surface area contributed by atoms with Gasteiger partial charge in [-0.3, -0.25) is 4.98 Å². The molecule has 1 saturated heterocycles. The molecular formula is C22H24N4OS. The van der Waals surface area contributed by atoms with Gasteiger partial charge in [-0.25, -0.2) is 0 Å². The van der Waals surface area contributed by atoms with E-state index in [0.717, 1.165) is 23.9 Å². The van der Waals surface area contributed by atoms with Gasteiger partial charge in [-0.05, 0) is 42.0 Å². The first-order chi connectivity index (χ1) is 13.8. The molecule has 0 spiro atoms. The van der Waals surface area contributed by atoms with Crippen molar-refractivity contribution in [2.24, 2.45) is 0 Å². The van der Waals surface area contributed by atoms with Gasteiger partial charge in [0.05, 0.1) is 24.4 Å². The van der Waals surface area contributed by atoms with Gasteiger partial charge in [0.25, 0.3) is 0 Å². The van der Waals surface area contributed by atoms with E-state index in [1.54, 1.807) is 7.11 Å². The van der Waals surface area contributed by atoms with Crippen LogP contribution in [0.15, 0.2) is 73.1 Å². The molecule has 6 heteroatoms. The molecule has 0 aliphatic carbocycles.